The maximum absolute atomic E-state index is 14.2. The van der Waals surface area contributed by atoms with Crippen LogP contribution in [-0.2, 0) is 4.79 Å². The van der Waals surface area contributed by atoms with Gasteiger partial charge >= 0.3 is 0 Å². The van der Waals surface area contributed by atoms with E-state index >= 15 is 0 Å². The summed E-state index contributed by atoms with van der Waals surface area (Å²) in [6, 6.07) is 20.9. The third-order valence-corrected chi connectivity index (χ3v) is 6.69. The Morgan fingerprint density at radius 1 is 1.09 bits per heavy atom. The second-order valence-corrected chi connectivity index (χ2v) is 9.43. The summed E-state index contributed by atoms with van der Waals surface area (Å²) in [6.45, 7) is 9.07. The zero-order chi connectivity index (χ0) is 22.7. The smallest absolute Gasteiger partial charge is 0.254 e. The Balaban J connectivity index is 1.89. The van der Waals surface area contributed by atoms with E-state index in [0.29, 0.717) is 18.7 Å². The lowest BCUT2D eigenvalue weighted by atomic mass is 9.80. The number of thiophene rings is 1. The zero-order valence-electron chi connectivity index (χ0n) is 18.5. The van der Waals surface area contributed by atoms with E-state index < -0.39 is 5.92 Å². The number of carbonyl (C=O) groups excluding carboxylic acids is 2. The topological polar surface area (TPSA) is 40.6 Å². The number of carbonyl (C=O) groups is 2. The van der Waals surface area contributed by atoms with Crippen molar-refractivity contribution in [3.63, 3.8) is 0 Å². The number of anilines is 1. The molecular weight excluding hydrogens is 416 g/mol. The monoisotopic (exact) mass is 444 g/mol. The number of benzene rings is 2. The van der Waals surface area contributed by atoms with Crippen molar-refractivity contribution in [2.75, 3.05) is 18.0 Å². The van der Waals surface area contributed by atoms with Gasteiger partial charge in [0.25, 0.3) is 5.91 Å². The molecule has 4 nitrogen and oxygen atoms in total. The summed E-state index contributed by atoms with van der Waals surface area (Å²) in [5.41, 5.74) is 2.24. The first kappa shape index (κ1) is 22.0. The quantitative estimate of drug-likeness (QED) is 0.426. The molecule has 164 valence electrons. The van der Waals surface area contributed by atoms with E-state index in [1.807, 2.05) is 77.0 Å². The van der Waals surface area contributed by atoms with Crippen molar-refractivity contribution >= 4 is 28.8 Å². The van der Waals surface area contributed by atoms with Crippen molar-refractivity contribution in [3.05, 3.63) is 101 Å². The average Bonchev–Trinajstić information content (AvgIpc) is 3.33. The molecule has 2 heterocycles. The minimum Gasteiger partial charge on any atom is -0.329 e. The highest BCUT2D eigenvalue weighted by atomic mass is 32.1. The molecule has 0 N–H and O–H groups in total. The largest absolute Gasteiger partial charge is 0.329 e. The van der Waals surface area contributed by atoms with Gasteiger partial charge in [-0.2, -0.15) is 0 Å². The molecule has 0 saturated heterocycles. The van der Waals surface area contributed by atoms with Crippen LogP contribution in [-0.4, -0.2) is 29.8 Å². The summed E-state index contributed by atoms with van der Waals surface area (Å²) < 4.78 is 0. The highest BCUT2D eigenvalue weighted by molar-refractivity contribution is 7.10. The second kappa shape index (κ2) is 9.53. The molecule has 0 fully saturated rings. The van der Waals surface area contributed by atoms with Crippen molar-refractivity contribution in [1.82, 2.24) is 4.90 Å². The molecule has 5 heteroatoms. The normalized spacial score (nSPS) is 17.8. The first-order chi connectivity index (χ1) is 15.5. The van der Waals surface area contributed by atoms with Crippen molar-refractivity contribution in [2.45, 2.75) is 25.8 Å². The van der Waals surface area contributed by atoms with Gasteiger partial charge in [-0.3, -0.25) is 9.59 Å². The van der Waals surface area contributed by atoms with E-state index in [2.05, 4.69) is 20.4 Å². The van der Waals surface area contributed by atoms with Gasteiger partial charge in [0.1, 0.15) is 0 Å². The third-order valence-electron chi connectivity index (χ3n) is 5.75. The molecule has 0 saturated carbocycles. The number of hydrogen-bond acceptors (Lipinski definition) is 3. The maximum Gasteiger partial charge on any atom is 0.254 e. The van der Waals surface area contributed by atoms with Gasteiger partial charge in [0.05, 0.1) is 12.0 Å². The number of amides is 2. The van der Waals surface area contributed by atoms with Crippen LogP contribution in [0.2, 0.25) is 0 Å². The van der Waals surface area contributed by atoms with Gasteiger partial charge in [-0.15, -0.1) is 17.9 Å². The number of para-hydroxylation sites is 1. The average molecular weight is 445 g/mol. The molecular formula is C27H28N2O2S. The summed E-state index contributed by atoms with van der Waals surface area (Å²) in [5, 5.41) is 2.01. The van der Waals surface area contributed by atoms with Crippen LogP contribution in [0.3, 0.4) is 0 Å². The van der Waals surface area contributed by atoms with Crippen molar-refractivity contribution < 1.29 is 9.59 Å². The van der Waals surface area contributed by atoms with Gasteiger partial charge in [-0.25, -0.2) is 0 Å². The van der Waals surface area contributed by atoms with E-state index in [-0.39, 0.29) is 23.8 Å². The molecule has 0 unspecified atom stereocenters. The van der Waals surface area contributed by atoms with E-state index in [1.165, 1.54) is 0 Å². The molecule has 0 spiro atoms. The van der Waals surface area contributed by atoms with Crippen LogP contribution < -0.4 is 4.90 Å². The molecule has 32 heavy (non-hydrogen) atoms. The standard InChI is InChI=1S/C27H28N2O2S/c1-4-16-28(20-11-6-5-7-12-20)27(31)24-21-13-8-9-14-22(21)26(30)29(18-19(2)3)25(24)23-15-10-17-32-23/h4-15,17,19,24-25H,1,16,18H2,2-3H3/t24-,25-/m1/s1. The lowest BCUT2D eigenvalue weighted by molar-refractivity contribution is -0.121. The van der Waals surface area contributed by atoms with Gasteiger partial charge < -0.3 is 9.80 Å². The molecule has 1 aliphatic heterocycles. The van der Waals surface area contributed by atoms with E-state index in [4.69, 9.17) is 0 Å². The molecule has 0 bridgehead atoms. The molecule has 2 atom stereocenters. The zero-order valence-corrected chi connectivity index (χ0v) is 19.3. The predicted molar refractivity (Wildman–Crippen MR) is 131 cm³/mol. The molecule has 2 amide bonds. The van der Waals surface area contributed by atoms with Gasteiger partial charge in [-0.05, 0) is 41.1 Å². The van der Waals surface area contributed by atoms with E-state index in [0.717, 1.165) is 16.1 Å². The highest BCUT2D eigenvalue weighted by Gasteiger charge is 2.46. The Labute approximate surface area is 193 Å². The van der Waals surface area contributed by atoms with Crippen LogP contribution in [0.25, 0.3) is 0 Å². The van der Waals surface area contributed by atoms with Gasteiger partial charge in [0.2, 0.25) is 5.91 Å². The Morgan fingerprint density at radius 2 is 1.81 bits per heavy atom. The molecule has 4 rings (SSSR count). The lowest BCUT2D eigenvalue weighted by Gasteiger charge is -2.43. The van der Waals surface area contributed by atoms with Gasteiger partial charge in [0.15, 0.2) is 0 Å². The fourth-order valence-electron chi connectivity index (χ4n) is 4.46. The first-order valence-corrected chi connectivity index (χ1v) is 11.8. The number of rotatable bonds is 7. The van der Waals surface area contributed by atoms with Crippen LogP contribution >= 0.6 is 11.3 Å². The number of hydrogen-bond donors (Lipinski definition) is 0. The minimum atomic E-state index is -0.499. The summed E-state index contributed by atoms with van der Waals surface area (Å²) >= 11 is 1.59. The Hall–Kier alpha value is -3.18. The molecule has 0 radical (unpaired) electrons. The summed E-state index contributed by atoms with van der Waals surface area (Å²) in [7, 11) is 0. The second-order valence-electron chi connectivity index (χ2n) is 8.45. The Morgan fingerprint density at radius 3 is 2.47 bits per heavy atom. The maximum atomic E-state index is 14.2. The number of fused-ring (bicyclic) bond motifs is 1. The molecule has 3 aromatic rings. The SMILES string of the molecule is C=CCN(C(=O)[C@@H]1c2ccccc2C(=O)N(CC(C)C)[C@@H]1c1cccs1)c1ccccc1. The first-order valence-electron chi connectivity index (χ1n) is 10.9. The van der Waals surface area contributed by atoms with Crippen molar-refractivity contribution in [1.29, 1.82) is 0 Å². The fourth-order valence-corrected chi connectivity index (χ4v) is 5.33. The van der Waals surface area contributed by atoms with Crippen LogP contribution in [0.5, 0.6) is 0 Å². The van der Waals surface area contributed by atoms with Crippen LogP contribution in [0, 0.1) is 5.92 Å². The van der Waals surface area contributed by atoms with E-state index in [1.54, 1.807) is 22.3 Å². The molecule has 0 aliphatic carbocycles. The van der Waals surface area contributed by atoms with Crippen LogP contribution in [0.4, 0.5) is 5.69 Å². The fraction of sp³-hybridized carbons (Fsp3) is 0.259. The van der Waals surface area contributed by atoms with Crippen LogP contribution in [0.15, 0.2) is 84.8 Å². The number of nitrogens with zero attached hydrogens (tertiary/aromatic N) is 2. The van der Waals surface area contributed by atoms with E-state index in [9.17, 15) is 9.59 Å². The predicted octanol–water partition coefficient (Wildman–Crippen LogP) is 5.90. The van der Waals surface area contributed by atoms with Crippen molar-refractivity contribution in [3.8, 4) is 0 Å². The van der Waals surface area contributed by atoms with Crippen LogP contribution in [0.1, 0.15) is 46.6 Å². The highest BCUT2D eigenvalue weighted by Crippen LogP contribution is 2.45. The summed E-state index contributed by atoms with van der Waals surface area (Å²) in [6.07, 6.45) is 1.75. The minimum absolute atomic E-state index is 0.00766. The Bertz CT molecular complexity index is 1090. The third kappa shape index (κ3) is 4.13. The molecule has 1 aliphatic rings. The van der Waals surface area contributed by atoms with Crippen molar-refractivity contribution in [2.24, 2.45) is 5.92 Å². The Kier molecular flexibility index (Phi) is 6.56. The summed E-state index contributed by atoms with van der Waals surface area (Å²) in [5.74, 6) is -0.253. The van der Waals surface area contributed by atoms with Gasteiger partial charge in [-0.1, -0.05) is 62.4 Å². The van der Waals surface area contributed by atoms with Gasteiger partial charge in [0, 0.05) is 29.2 Å². The summed E-state index contributed by atoms with van der Waals surface area (Å²) in [4.78, 5) is 32.5. The molecule has 1 aromatic heterocycles. The molecule has 2 aromatic carbocycles. The lowest BCUT2D eigenvalue weighted by Crippen LogP contribution is -2.49.